The van der Waals surface area contributed by atoms with Crippen molar-refractivity contribution in [2.75, 3.05) is 6.54 Å². The molecule has 2 aromatic rings. The van der Waals surface area contributed by atoms with Gasteiger partial charge in [-0.15, -0.1) is 10.2 Å². The fraction of sp³-hybridized carbons (Fsp3) is 0.429. The lowest BCUT2D eigenvalue weighted by molar-refractivity contribution is -0.121. The Morgan fingerprint density at radius 2 is 2.20 bits per heavy atom. The molecule has 2 heterocycles. The van der Waals surface area contributed by atoms with Gasteiger partial charge in [0, 0.05) is 25.6 Å². The first kappa shape index (κ1) is 14.2. The molecule has 0 atom stereocenters. The number of carbonyl (C=O) groups is 1. The highest BCUT2D eigenvalue weighted by Crippen LogP contribution is 2.14. The molecular weight excluding hydrogens is 256 g/mol. The second-order valence-electron chi connectivity index (χ2n) is 4.91. The SMILES string of the molecule is CC(C)CNC(=O)CCc1nnc(-c2ccccn2)o1. The number of aryl methyl sites for hydroxylation is 1. The Morgan fingerprint density at radius 1 is 1.35 bits per heavy atom. The summed E-state index contributed by atoms with van der Waals surface area (Å²) >= 11 is 0. The lowest BCUT2D eigenvalue weighted by Crippen LogP contribution is -2.27. The van der Waals surface area contributed by atoms with Crippen LogP contribution in [0.4, 0.5) is 0 Å². The average Bonchev–Trinajstić information content (AvgIpc) is 2.93. The standard InChI is InChI=1S/C14H18N4O2/c1-10(2)9-16-12(19)6-7-13-17-18-14(20-13)11-5-3-4-8-15-11/h3-5,8,10H,6-7,9H2,1-2H3,(H,16,19). The molecule has 0 aliphatic rings. The first-order chi connectivity index (χ1) is 9.65. The predicted molar refractivity (Wildman–Crippen MR) is 73.7 cm³/mol. The minimum atomic E-state index is -0.00344. The predicted octanol–water partition coefficient (Wildman–Crippen LogP) is 1.84. The van der Waals surface area contributed by atoms with Gasteiger partial charge >= 0.3 is 0 Å². The van der Waals surface area contributed by atoms with Crippen molar-refractivity contribution in [3.05, 3.63) is 30.3 Å². The Morgan fingerprint density at radius 3 is 2.90 bits per heavy atom. The van der Waals surface area contributed by atoms with Crippen LogP contribution in [0.15, 0.2) is 28.8 Å². The van der Waals surface area contributed by atoms with Crippen LogP contribution in [0.2, 0.25) is 0 Å². The van der Waals surface area contributed by atoms with Crippen molar-refractivity contribution < 1.29 is 9.21 Å². The molecule has 0 saturated carbocycles. The number of hydrogen-bond acceptors (Lipinski definition) is 5. The van der Waals surface area contributed by atoms with Crippen LogP contribution >= 0.6 is 0 Å². The van der Waals surface area contributed by atoms with Crippen molar-refractivity contribution in [3.63, 3.8) is 0 Å². The van der Waals surface area contributed by atoms with Crippen LogP contribution in [-0.2, 0) is 11.2 Å². The number of nitrogens with one attached hydrogen (secondary N) is 1. The van der Waals surface area contributed by atoms with Gasteiger partial charge in [0.05, 0.1) is 0 Å². The summed E-state index contributed by atoms with van der Waals surface area (Å²) in [4.78, 5) is 15.7. The van der Waals surface area contributed by atoms with Gasteiger partial charge in [0.25, 0.3) is 5.89 Å². The molecule has 6 heteroatoms. The highest BCUT2D eigenvalue weighted by molar-refractivity contribution is 5.75. The maximum Gasteiger partial charge on any atom is 0.266 e. The minimum absolute atomic E-state index is 0.00344. The second kappa shape index (κ2) is 6.79. The Hall–Kier alpha value is -2.24. The summed E-state index contributed by atoms with van der Waals surface area (Å²) in [5.41, 5.74) is 0.635. The van der Waals surface area contributed by atoms with E-state index in [1.807, 2.05) is 12.1 Å². The van der Waals surface area contributed by atoms with Crippen LogP contribution in [-0.4, -0.2) is 27.6 Å². The Labute approximate surface area is 117 Å². The van der Waals surface area contributed by atoms with E-state index in [0.717, 1.165) is 0 Å². The summed E-state index contributed by atoms with van der Waals surface area (Å²) in [7, 11) is 0. The highest BCUT2D eigenvalue weighted by Gasteiger charge is 2.11. The number of nitrogens with zero attached hydrogens (tertiary/aromatic N) is 3. The molecule has 20 heavy (non-hydrogen) atoms. The summed E-state index contributed by atoms with van der Waals surface area (Å²) in [5, 5.41) is 10.7. The molecule has 0 aliphatic heterocycles. The van der Waals surface area contributed by atoms with E-state index in [4.69, 9.17) is 4.42 Å². The normalized spacial score (nSPS) is 10.8. The van der Waals surface area contributed by atoms with E-state index in [1.165, 1.54) is 0 Å². The van der Waals surface area contributed by atoms with E-state index >= 15 is 0 Å². The monoisotopic (exact) mass is 274 g/mol. The zero-order chi connectivity index (χ0) is 14.4. The third-order valence-electron chi connectivity index (χ3n) is 2.62. The third kappa shape index (κ3) is 4.15. The molecule has 0 bridgehead atoms. The first-order valence-corrected chi connectivity index (χ1v) is 6.65. The molecule has 0 spiro atoms. The molecule has 106 valence electrons. The molecule has 2 aromatic heterocycles. The van der Waals surface area contributed by atoms with Crippen LogP contribution in [0.25, 0.3) is 11.6 Å². The maximum absolute atomic E-state index is 11.6. The van der Waals surface area contributed by atoms with Crippen molar-refractivity contribution in [1.29, 1.82) is 0 Å². The van der Waals surface area contributed by atoms with Gasteiger partial charge in [0.2, 0.25) is 11.8 Å². The molecular formula is C14H18N4O2. The van der Waals surface area contributed by atoms with E-state index in [0.29, 0.717) is 42.8 Å². The van der Waals surface area contributed by atoms with E-state index in [9.17, 15) is 4.79 Å². The van der Waals surface area contributed by atoms with Gasteiger partial charge in [-0.3, -0.25) is 9.78 Å². The first-order valence-electron chi connectivity index (χ1n) is 6.65. The van der Waals surface area contributed by atoms with Crippen molar-refractivity contribution in [3.8, 4) is 11.6 Å². The molecule has 0 aromatic carbocycles. The minimum Gasteiger partial charge on any atom is -0.419 e. The lowest BCUT2D eigenvalue weighted by Gasteiger charge is -2.06. The van der Waals surface area contributed by atoms with Gasteiger partial charge in [-0.05, 0) is 18.1 Å². The fourth-order valence-electron chi connectivity index (χ4n) is 1.57. The Bertz CT molecular complexity index is 551. The van der Waals surface area contributed by atoms with E-state index < -0.39 is 0 Å². The van der Waals surface area contributed by atoms with E-state index in [1.54, 1.807) is 12.3 Å². The van der Waals surface area contributed by atoms with Gasteiger partial charge in [-0.1, -0.05) is 19.9 Å². The van der Waals surface area contributed by atoms with Gasteiger partial charge in [-0.25, -0.2) is 0 Å². The number of aromatic nitrogens is 3. The van der Waals surface area contributed by atoms with Crippen molar-refractivity contribution in [1.82, 2.24) is 20.5 Å². The molecule has 1 amide bonds. The molecule has 2 rings (SSSR count). The molecule has 0 fully saturated rings. The number of rotatable bonds is 6. The molecule has 6 nitrogen and oxygen atoms in total. The fourth-order valence-corrected chi connectivity index (χ4v) is 1.57. The molecule has 0 aliphatic carbocycles. The van der Waals surface area contributed by atoms with Gasteiger partial charge in [-0.2, -0.15) is 0 Å². The zero-order valence-electron chi connectivity index (χ0n) is 11.7. The zero-order valence-corrected chi connectivity index (χ0v) is 11.7. The summed E-state index contributed by atoms with van der Waals surface area (Å²) in [6.07, 6.45) is 2.44. The topological polar surface area (TPSA) is 80.9 Å². The second-order valence-corrected chi connectivity index (χ2v) is 4.91. The number of amides is 1. The highest BCUT2D eigenvalue weighted by atomic mass is 16.4. The third-order valence-corrected chi connectivity index (χ3v) is 2.62. The molecule has 0 radical (unpaired) electrons. The molecule has 0 unspecified atom stereocenters. The Balaban J connectivity index is 1.86. The maximum atomic E-state index is 11.6. The number of carbonyl (C=O) groups excluding carboxylic acids is 1. The van der Waals surface area contributed by atoms with Crippen LogP contribution in [0.3, 0.4) is 0 Å². The summed E-state index contributed by atoms with van der Waals surface area (Å²) < 4.78 is 5.48. The van der Waals surface area contributed by atoms with Crippen LogP contribution in [0, 0.1) is 5.92 Å². The van der Waals surface area contributed by atoms with Gasteiger partial charge in [0.1, 0.15) is 5.69 Å². The smallest absolute Gasteiger partial charge is 0.266 e. The van der Waals surface area contributed by atoms with Crippen LogP contribution in [0.1, 0.15) is 26.2 Å². The van der Waals surface area contributed by atoms with Crippen LogP contribution in [0.5, 0.6) is 0 Å². The van der Waals surface area contributed by atoms with Crippen molar-refractivity contribution in [2.24, 2.45) is 5.92 Å². The van der Waals surface area contributed by atoms with E-state index in [-0.39, 0.29) is 5.91 Å². The Kier molecular flexibility index (Phi) is 4.81. The average molecular weight is 274 g/mol. The van der Waals surface area contributed by atoms with Gasteiger partial charge < -0.3 is 9.73 Å². The summed E-state index contributed by atoms with van der Waals surface area (Å²) in [6.45, 7) is 4.79. The number of hydrogen-bond donors (Lipinski definition) is 1. The summed E-state index contributed by atoms with van der Waals surface area (Å²) in [6, 6.07) is 5.47. The quantitative estimate of drug-likeness (QED) is 0.869. The van der Waals surface area contributed by atoms with Crippen molar-refractivity contribution in [2.45, 2.75) is 26.7 Å². The number of pyridine rings is 1. The molecule has 1 N–H and O–H groups in total. The van der Waals surface area contributed by atoms with Crippen LogP contribution < -0.4 is 5.32 Å². The lowest BCUT2D eigenvalue weighted by atomic mass is 10.2. The largest absolute Gasteiger partial charge is 0.419 e. The van der Waals surface area contributed by atoms with E-state index in [2.05, 4.69) is 34.3 Å². The molecule has 0 saturated heterocycles. The van der Waals surface area contributed by atoms with Gasteiger partial charge in [0.15, 0.2) is 0 Å². The summed E-state index contributed by atoms with van der Waals surface area (Å²) in [5.74, 6) is 1.27. The van der Waals surface area contributed by atoms with Crippen molar-refractivity contribution >= 4 is 5.91 Å².